The van der Waals surface area contributed by atoms with Gasteiger partial charge >= 0.3 is 11.7 Å². The average molecular weight is 383 g/mol. The van der Waals surface area contributed by atoms with Crippen LogP contribution in [-0.4, -0.2) is 16.8 Å². The van der Waals surface area contributed by atoms with Crippen LogP contribution in [0.4, 0.5) is 11.4 Å². The molecular formula is C16H12Cl2N2O5. The van der Waals surface area contributed by atoms with Crippen LogP contribution in [0.15, 0.2) is 36.4 Å². The summed E-state index contributed by atoms with van der Waals surface area (Å²) in [4.78, 5) is 34.5. The Bertz CT molecular complexity index is 834. The van der Waals surface area contributed by atoms with Gasteiger partial charge in [-0.3, -0.25) is 19.7 Å². The number of amides is 1. The van der Waals surface area contributed by atoms with Gasteiger partial charge in [0.1, 0.15) is 0 Å². The van der Waals surface area contributed by atoms with Crippen molar-refractivity contribution in [3.63, 3.8) is 0 Å². The molecule has 0 aliphatic heterocycles. The Morgan fingerprint density at radius 3 is 2.32 bits per heavy atom. The van der Waals surface area contributed by atoms with Crippen molar-refractivity contribution in [1.29, 1.82) is 0 Å². The van der Waals surface area contributed by atoms with Gasteiger partial charge in [0, 0.05) is 12.5 Å². The van der Waals surface area contributed by atoms with Gasteiger partial charge in [-0.1, -0.05) is 42.3 Å². The van der Waals surface area contributed by atoms with Gasteiger partial charge in [-0.2, -0.15) is 0 Å². The molecule has 2 aromatic rings. The third kappa shape index (κ3) is 4.26. The number of nitro benzene ring substituents is 1. The van der Waals surface area contributed by atoms with Crippen molar-refractivity contribution in [1.82, 2.24) is 0 Å². The van der Waals surface area contributed by atoms with Gasteiger partial charge in [-0.15, -0.1) is 0 Å². The number of rotatable bonds is 5. The highest BCUT2D eigenvalue weighted by atomic mass is 35.5. The number of nitrogens with zero attached hydrogens (tertiary/aromatic N) is 1. The van der Waals surface area contributed by atoms with E-state index in [1.807, 2.05) is 0 Å². The van der Waals surface area contributed by atoms with E-state index < -0.39 is 22.5 Å². The van der Waals surface area contributed by atoms with Crippen LogP contribution < -0.4 is 10.1 Å². The summed E-state index contributed by atoms with van der Waals surface area (Å²) in [6, 6.07) is 8.42. The molecule has 0 saturated carbocycles. The van der Waals surface area contributed by atoms with Crippen molar-refractivity contribution in [2.24, 2.45) is 0 Å². The molecule has 0 radical (unpaired) electrons. The van der Waals surface area contributed by atoms with Gasteiger partial charge in [0.2, 0.25) is 5.75 Å². The normalized spacial score (nSPS) is 10.2. The minimum atomic E-state index is -0.712. The minimum absolute atomic E-state index is 0.00473. The largest absolute Gasteiger partial charge is 0.417 e. The highest BCUT2D eigenvalue weighted by molar-refractivity contribution is 6.40. The third-order valence-electron chi connectivity index (χ3n) is 3.13. The average Bonchev–Trinajstić information content (AvgIpc) is 2.55. The summed E-state index contributed by atoms with van der Waals surface area (Å²) in [6.07, 6.45) is 0.00970. The predicted octanol–water partition coefficient (Wildman–Crippen LogP) is 4.47. The number of nitro groups is 1. The van der Waals surface area contributed by atoms with Crippen LogP contribution in [0.5, 0.6) is 5.75 Å². The summed E-state index contributed by atoms with van der Waals surface area (Å²) in [7, 11) is 0. The zero-order valence-corrected chi connectivity index (χ0v) is 14.4. The molecule has 0 aromatic heterocycles. The van der Waals surface area contributed by atoms with Crippen LogP contribution in [0, 0.1) is 10.1 Å². The van der Waals surface area contributed by atoms with Crippen molar-refractivity contribution in [2.45, 2.75) is 13.3 Å². The van der Waals surface area contributed by atoms with Crippen molar-refractivity contribution in [3.8, 4) is 5.75 Å². The molecule has 0 aliphatic carbocycles. The first kappa shape index (κ1) is 18.7. The van der Waals surface area contributed by atoms with E-state index in [4.69, 9.17) is 27.9 Å². The lowest BCUT2D eigenvalue weighted by molar-refractivity contribution is -0.385. The fourth-order valence-electron chi connectivity index (χ4n) is 1.96. The van der Waals surface area contributed by atoms with Crippen molar-refractivity contribution in [3.05, 3.63) is 62.1 Å². The first-order valence-corrected chi connectivity index (χ1v) is 7.84. The summed E-state index contributed by atoms with van der Waals surface area (Å²) in [5, 5.41) is 13.8. The number of esters is 1. The summed E-state index contributed by atoms with van der Waals surface area (Å²) >= 11 is 12.0. The van der Waals surface area contributed by atoms with E-state index in [-0.39, 0.29) is 33.5 Å². The molecular weight excluding hydrogens is 371 g/mol. The van der Waals surface area contributed by atoms with E-state index in [1.165, 1.54) is 24.3 Å². The van der Waals surface area contributed by atoms with Crippen LogP contribution in [0.2, 0.25) is 10.0 Å². The van der Waals surface area contributed by atoms with Crippen LogP contribution >= 0.6 is 23.2 Å². The van der Waals surface area contributed by atoms with E-state index in [0.717, 1.165) is 6.07 Å². The first-order valence-electron chi connectivity index (χ1n) is 7.08. The molecule has 9 heteroatoms. The molecule has 1 amide bonds. The third-order valence-corrected chi connectivity index (χ3v) is 3.76. The predicted molar refractivity (Wildman–Crippen MR) is 93.4 cm³/mol. The molecule has 25 heavy (non-hydrogen) atoms. The molecule has 0 saturated heterocycles. The summed E-state index contributed by atoms with van der Waals surface area (Å²) < 4.78 is 5.02. The van der Waals surface area contributed by atoms with Crippen LogP contribution in [-0.2, 0) is 4.79 Å². The van der Waals surface area contributed by atoms with E-state index in [0.29, 0.717) is 0 Å². The lowest BCUT2D eigenvalue weighted by Crippen LogP contribution is -2.16. The number of para-hydroxylation sites is 1. The monoisotopic (exact) mass is 382 g/mol. The summed E-state index contributed by atoms with van der Waals surface area (Å²) in [6.45, 7) is 1.54. The first-order chi connectivity index (χ1) is 11.8. The second-order valence-electron chi connectivity index (χ2n) is 4.79. The zero-order chi connectivity index (χ0) is 18.6. The van der Waals surface area contributed by atoms with Gasteiger partial charge in [-0.05, 0) is 18.2 Å². The second kappa shape index (κ2) is 7.96. The number of carbonyl (C=O) groups excluding carboxylic acids is 2. The Hall–Kier alpha value is -2.64. The molecule has 2 aromatic carbocycles. The summed E-state index contributed by atoms with van der Waals surface area (Å²) in [5.41, 5.74) is -0.494. The summed E-state index contributed by atoms with van der Waals surface area (Å²) in [5.74, 6) is -1.72. The zero-order valence-electron chi connectivity index (χ0n) is 12.9. The maximum Gasteiger partial charge on any atom is 0.313 e. The van der Waals surface area contributed by atoms with Gasteiger partial charge in [-0.25, -0.2) is 0 Å². The lowest BCUT2D eigenvalue weighted by atomic mass is 10.2. The fraction of sp³-hybridized carbons (Fsp3) is 0.125. The number of halogens is 2. The van der Waals surface area contributed by atoms with Gasteiger partial charge in [0.05, 0.1) is 26.2 Å². The number of ether oxygens (including phenoxy) is 1. The topological polar surface area (TPSA) is 98.5 Å². The number of benzene rings is 2. The number of anilines is 1. The molecule has 1 N–H and O–H groups in total. The minimum Gasteiger partial charge on any atom is -0.417 e. The number of carbonyl (C=O) groups is 2. The van der Waals surface area contributed by atoms with Gasteiger partial charge in [0.25, 0.3) is 5.91 Å². The molecule has 7 nitrogen and oxygen atoms in total. The molecule has 0 unspecified atom stereocenters. The Morgan fingerprint density at radius 1 is 1.16 bits per heavy atom. The Morgan fingerprint density at radius 2 is 1.76 bits per heavy atom. The molecule has 0 bridgehead atoms. The molecule has 0 heterocycles. The van der Waals surface area contributed by atoms with Gasteiger partial charge in [0.15, 0.2) is 0 Å². The molecule has 0 fully saturated rings. The van der Waals surface area contributed by atoms with Crippen LogP contribution in [0.3, 0.4) is 0 Å². The Kier molecular flexibility index (Phi) is 5.95. The number of hydrogen-bond acceptors (Lipinski definition) is 5. The van der Waals surface area contributed by atoms with Crippen molar-refractivity contribution in [2.75, 3.05) is 5.32 Å². The highest BCUT2D eigenvalue weighted by Gasteiger charge is 2.24. The van der Waals surface area contributed by atoms with Crippen LogP contribution in [0.1, 0.15) is 23.7 Å². The molecule has 2 rings (SSSR count). The highest BCUT2D eigenvalue weighted by Crippen LogP contribution is 2.36. The van der Waals surface area contributed by atoms with E-state index in [9.17, 15) is 19.7 Å². The van der Waals surface area contributed by atoms with Crippen LogP contribution in [0.25, 0.3) is 0 Å². The molecule has 0 aliphatic rings. The van der Waals surface area contributed by atoms with Crippen molar-refractivity contribution < 1.29 is 19.2 Å². The molecule has 0 spiro atoms. The number of nitrogens with one attached hydrogen (secondary N) is 1. The fourth-order valence-corrected chi connectivity index (χ4v) is 2.53. The lowest BCUT2D eigenvalue weighted by Gasteiger charge is -2.12. The number of hydrogen-bond donors (Lipinski definition) is 1. The van der Waals surface area contributed by atoms with Gasteiger partial charge < -0.3 is 10.1 Å². The standard InChI is InChI=1S/C16H12Cl2N2O5/c1-2-13(21)25-15-11(7-4-8-12(15)20(23)24)19-16(22)14-9(17)5-3-6-10(14)18/h3-8H,2H2,1H3,(H,19,22). The maximum absolute atomic E-state index is 12.5. The Labute approximate surface area is 152 Å². The van der Waals surface area contributed by atoms with E-state index in [2.05, 4.69) is 5.32 Å². The smallest absolute Gasteiger partial charge is 0.313 e. The van der Waals surface area contributed by atoms with Crippen molar-refractivity contribution >= 4 is 46.5 Å². The van der Waals surface area contributed by atoms with E-state index in [1.54, 1.807) is 13.0 Å². The quantitative estimate of drug-likeness (QED) is 0.356. The molecule has 130 valence electrons. The Balaban J connectivity index is 2.45. The second-order valence-corrected chi connectivity index (χ2v) is 5.60. The molecule has 0 atom stereocenters. The maximum atomic E-state index is 12.5. The van der Waals surface area contributed by atoms with E-state index >= 15 is 0 Å². The SMILES string of the molecule is CCC(=O)Oc1c(NC(=O)c2c(Cl)cccc2Cl)cccc1[N+](=O)[O-].